The largest absolute Gasteiger partial charge is 0.0654 e. The van der Waals surface area contributed by atoms with E-state index in [2.05, 4.69) is 27.7 Å². The van der Waals surface area contributed by atoms with Gasteiger partial charge in [0.25, 0.3) is 0 Å². The zero-order chi connectivity index (χ0) is 8.98. The fraction of sp³-hybridized carbons (Fsp3) is 1.00. The van der Waals surface area contributed by atoms with Crippen LogP contribution in [0.15, 0.2) is 0 Å². The van der Waals surface area contributed by atoms with E-state index in [1.165, 1.54) is 12.8 Å². The van der Waals surface area contributed by atoms with Crippen LogP contribution in [-0.2, 0) is 0 Å². The Hall–Kier alpha value is 0. The molecule has 70 valence electrons. The van der Waals surface area contributed by atoms with Gasteiger partial charge in [-0.3, -0.25) is 0 Å². The normalized spacial score (nSPS) is 45.0. The van der Waals surface area contributed by atoms with Crippen molar-refractivity contribution in [2.75, 3.05) is 0 Å². The maximum Gasteiger partial charge on any atom is -0.0230 e. The Balaban J connectivity index is 1.89. The second-order valence-electron chi connectivity index (χ2n) is 6.05. The Kier molecular flexibility index (Phi) is 1.63. The average Bonchev–Trinajstić information content (AvgIpc) is 2.74. The molecule has 2 rings (SSSR count). The zero-order valence-electron chi connectivity index (χ0n) is 8.98. The zero-order valence-corrected chi connectivity index (χ0v) is 8.98. The number of rotatable bonds is 2. The number of hydrogen-bond donors (Lipinski definition) is 0. The molecule has 2 aliphatic rings. The summed E-state index contributed by atoms with van der Waals surface area (Å²) in [5.74, 6) is 2.17. The smallest absolute Gasteiger partial charge is 0.0230 e. The van der Waals surface area contributed by atoms with E-state index >= 15 is 0 Å². The molecule has 0 aromatic rings. The lowest BCUT2D eigenvalue weighted by atomic mass is 9.88. The molecule has 3 atom stereocenters. The van der Waals surface area contributed by atoms with E-state index in [1.54, 1.807) is 12.8 Å². The van der Waals surface area contributed by atoms with Crippen LogP contribution >= 0.6 is 0 Å². The fourth-order valence-corrected chi connectivity index (χ4v) is 3.30. The monoisotopic (exact) mass is 166 g/mol. The minimum Gasteiger partial charge on any atom is -0.0654 e. The van der Waals surface area contributed by atoms with Crippen LogP contribution in [0.25, 0.3) is 0 Å². The third-order valence-electron chi connectivity index (χ3n) is 4.08. The molecule has 0 heterocycles. The Labute approximate surface area is 76.7 Å². The summed E-state index contributed by atoms with van der Waals surface area (Å²) >= 11 is 0. The van der Waals surface area contributed by atoms with Gasteiger partial charge in [0.15, 0.2) is 0 Å². The molecular weight excluding hydrogens is 144 g/mol. The molecule has 0 nitrogen and oxygen atoms in total. The first kappa shape index (κ1) is 8.59. The summed E-state index contributed by atoms with van der Waals surface area (Å²) in [5, 5.41) is 0. The van der Waals surface area contributed by atoms with Crippen LogP contribution in [0.3, 0.4) is 0 Å². The average molecular weight is 166 g/mol. The van der Waals surface area contributed by atoms with Crippen LogP contribution in [0.2, 0.25) is 0 Å². The molecule has 3 unspecified atom stereocenters. The Morgan fingerprint density at radius 1 is 1.25 bits per heavy atom. The second kappa shape index (κ2) is 2.27. The highest BCUT2D eigenvalue weighted by Crippen LogP contribution is 2.79. The van der Waals surface area contributed by atoms with Crippen LogP contribution in [0.5, 0.6) is 0 Å². The molecule has 1 spiro atoms. The summed E-state index contributed by atoms with van der Waals surface area (Å²) in [6, 6.07) is 0. The lowest BCUT2D eigenvalue weighted by molar-refractivity contribution is 0.317. The SMILES string of the molecule is CCCC1CC12CC2C(C)(C)C. The first-order chi connectivity index (χ1) is 5.50. The van der Waals surface area contributed by atoms with Crippen molar-refractivity contribution in [1.29, 1.82) is 0 Å². The predicted octanol–water partition coefficient (Wildman–Crippen LogP) is 3.86. The lowest BCUT2D eigenvalue weighted by Gasteiger charge is -2.18. The summed E-state index contributed by atoms with van der Waals surface area (Å²) in [6.07, 6.45) is 5.99. The van der Waals surface area contributed by atoms with Crippen LogP contribution in [0, 0.1) is 22.7 Å². The minimum atomic E-state index is 0.586. The maximum atomic E-state index is 2.41. The van der Waals surface area contributed by atoms with E-state index in [0.717, 1.165) is 17.3 Å². The van der Waals surface area contributed by atoms with E-state index in [9.17, 15) is 0 Å². The molecular formula is C12H22. The molecule has 0 bridgehead atoms. The van der Waals surface area contributed by atoms with Crippen molar-refractivity contribution in [3.8, 4) is 0 Å². The molecule has 0 N–H and O–H groups in total. The van der Waals surface area contributed by atoms with Gasteiger partial charge in [0, 0.05) is 0 Å². The molecule has 0 aromatic carbocycles. The molecule has 0 aromatic heterocycles. The summed E-state index contributed by atoms with van der Waals surface area (Å²) in [6.45, 7) is 9.55. The standard InChI is InChI=1S/C12H22/c1-5-6-9-7-12(9)8-10(12)11(2,3)4/h9-10H,5-8H2,1-4H3. The van der Waals surface area contributed by atoms with E-state index in [0.29, 0.717) is 5.41 Å². The van der Waals surface area contributed by atoms with Gasteiger partial charge in [-0.2, -0.15) is 0 Å². The van der Waals surface area contributed by atoms with Crippen LogP contribution in [0.1, 0.15) is 53.4 Å². The number of hydrogen-bond acceptors (Lipinski definition) is 0. The van der Waals surface area contributed by atoms with E-state index in [4.69, 9.17) is 0 Å². The Bertz CT molecular complexity index is 187. The van der Waals surface area contributed by atoms with E-state index < -0.39 is 0 Å². The molecule has 2 fully saturated rings. The highest BCUT2D eigenvalue weighted by molar-refractivity contribution is 5.20. The summed E-state index contributed by atoms with van der Waals surface area (Å²) in [5.41, 5.74) is 1.46. The van der Waals surface area contributed by atoms with Crippen molar-refractivity contribution < 1.29 is 0 Å². The third-order valence-corrected chi connectivity index (χ3v) is 4.08. The minimum absolute atomic E-state index is 0.586. The van der Waals surface area contributed by atoms with Crippen LogP contribution < -0.4 is 0 Å². The highest BCUT2D eigenvalue weighted by Gasteiger charge is 2.71. The molecule has 0 aliphatic heterocycles. The van der Waals surface area contributed by atoms with E-state index in [-0.39, 0.29) is 0 Å². The molecule has 0 amide bonds. The van der Waals surface area contributed by atoms with Crippen LogP contribution in [0.4, 0.5) is 0 Å². The van der Waals surface area contributed by atoms with Crippen molar-refractivity contribution in [2.45, 2.75) is 53.4 Å². The van der Waals surface area contributed by atoms with Crippen LogP contribution in [-0.4, -0.2) is 0 Å². The van der Waals surface area contributed by atoms with Gasteiger partial charge >= 0.3 is 0 Å². The van der Waals surface area contributed by atoms with Gasteiger partial charge < -0.3 is 0 Å². The second-order valence-corrected chi connectivity index (χ2v) is 6.05. The quantitative estimate of drug-likeness (QED) is 0.584. The summed E-state index contributed by atoms with van der Waals surface area (Å²) in [4.78, 5) is 0. The lowest BCUT2D eigenvalue weighted by Crippen LogP contribution is -2.10. The Morgan fingerprint density at radius 2 is 1.92 bits per heavy atom. The van der Waals surface area contributed by atoms with E-state index in [1.807, 2.05) is 0 Å². The topological polar surface area (TPSA) is 0 Å². The van der Waals surface area contributed by atoms with Gasteiger partial charge in [0.05, 0.1) is 0 Å². The van der Waals surface area contributed by atoms with Gasteiger partial charge in [-0.1, -0.05) is 40.5 Å². The van der Waals surface area contributed by atoms with Gasteiger partial charge in [-0.05, 0) is 35.5 Å². The van der Waals surface area contributed by atoms with Crippen molar-refractivity contribution in [3.63, 3.8) is 0 Å². The summed E-state index contributed by atoms with van der Waals surface area (Å²) < 4.78 is 0. The maximum absolute atomic E-state index is 2.41. The third kappa shape index (κ3) is 1.11. The van der Waals surface area contributed by atoms with Crippen molar-refractivity contribution in [3.05, 3.63) is 0 Å². The summed E-state index contributed by atoms with van der Waals surface area (Å²) in [7, 11) is 0. The predicted molar refractivity (Wildman–Crippen MR) is 53.0 cm³/mol. The van der Waals surface area contributed by atoms with Gasteiger partial charge in [0.2, 0.25) is 0 Å². The molecule has 0 saturated heterocycles. The molecule has 2 saturated carbocycles. The van der Waals surface area contributed by atoms with Crippen molar-refractivity contribution in [1.82, 2.24) is 0 Å². The first-order valence-corrected chi connectivity index (χ1v) is 5.50. The van der Waals surface area contributed by atoms with Crippen molar-refractivity contribution in [2.24, 2.45) is 22.7 Å². The highest BCUT2D eigenvalue weighted by atomic mass is 14.8. The Morgan fingerprint density at radius 3 is 2.33 bits per heavy atom. The van der Waals surface area contributed by atoms with Gasteiger partial charge in [0.1, 0.15) is 0 Å². The molecule has 0 heteroatoms. The van der Waals surface area contributed by atoms with Gasteiger partial charge in [-0.25, -0.2) is 0 Å². The van der Waals surface area contributed by atoms with Crippen molar-refractivity contribution >= 4 is 0 Å². The fourth-order valence-electron chi connectivity index (χ4n) is 3.30. The molecule has 0 radical (unpaired) electrons. The first-order valence-electron chi connectivity index (χ1n) is 5.50. The molecule has 12 heavy (non-hydrogen) atoms. The molecule has 2 aliphatic carbocycles. The van der Waals surface area contributed by atoms with Gasteiger partial charge in [-0.15, -0.1) is 0 Å².